The summed E-state index contributed by atoms with van der Waals surface area (Å²) in [4.78, 5) is 11.2. The number of hydrogen-bond acceptors (Lipinski definition) is 4. The predicted molar refractivity (Wildman–Crippen MR) is 99.9 cm³/mol. The van der Waals surface area contributed by atoms with Crippen molar-refractivity contribution in [3.63, 3.8) is 0 Å². The minimum Gasteiger partial charge on any atom is -0.326 e. The Morgan fingerprint density at radius 3 is 2.31 bits per heavy atom. The van der Waals surface area contributed by atoms with E-state index in [0.29, 0.717) is 18.7 Å². The normalized spacial score (nSPS) is 11.1. The van der Waals surface area contributed by atoms with Crippen molar-refractivity contribution >= 4 is 21.6 Å². The monoisotopic (exact) mass is 371 g/mol. The fraction of sp³-hybridized carbons (Fsp3) is 0.263. The van der Waals surface area contributed by atoms with E-state index >= 15 is 0 Å². The zero-order valence-corrected chi connectivity index (χ0v) is 15.4. The van der Waals surface area contributed by atoms with Crippen molar-refractivity contribution in [2.24, 2.45) is 0 Å². The van der Waals surface area contributed by atoms with Crippen LogP contribution in [0.3, 0.4) is 0 Å². The largest absolute Gasteiger partial charge is 0.326 e. The molecule has 0 fully saturated rings. The maximum Gasteiger partial charge on any atom is 0.243 e. The Balaban J connectivity index is 2.18. The summed E-state index contributed by atoms with van der Waals surface area (Å²) in [5.41, 5.74) is 1.56. The highest BCUT2D eigenvalue weighted by Gasteiger charge is 2.24. The third-order valence-corrected chi connectivity index (χ3v) is 5.69. The number of rotatable bonds is 8. The number of amides is 1. The Hall–Kier alpha value is -2.69. The van der Waals surface area contributed by atoms with E-state index in [1.807, 2.05) is 36.4 Å². The first-order valence-electron chi connectivity index (χ1n) is 8.22. The van der Waals surface area contributed by atoms with Crippen molar-refractivity contribution in [3.8, 4) is 6.07 Å². The second-order valence-corrected chi connectivity index (χ2v) is 7.69. The fourth-order valence-corrected chi connectivity index (χ4v) is 3.93. The van der Waals surface area contributed by atoms with E-state index in [9.17, 15) is 13.2 Å². The van der Waals surface area contributed by atoms with Crippen LogP contribution in [0.4, 0.5) is 5.69 Å². The van der Waals surface area contributed by atoms with Crippen LogP contribution in [0, 0.1) is 11.3 Å². The molecule has 2 rings (SSSR count). The van der Waals surface area contributed by atoms with E-state index < -0.39 is 10.0 Å². The lowest BCUT2D eigenvalue weighted by atomic mass is 10.1. The van der Waals surface area contributed by atoms with Crippen molar-refractivity contribution in [2.45, 2.75) is 24.7 Å². The fourth-order valence-electron chi connectivity index (χ4n) is 2.49. The van der Waals surface area contributed by atoms with Crippen LogP contribution < -0.4 is 5.32 Å². The third-order valence-electron chi connectivity index (χ3n) is 3.78. The first-order valence-corrected chi connectivity index (χ1v) is 9.66. The molecule has 0 bridgehead atoms. The summed E-state index contributed by atoms with van der Waals surface area (Å²) in [6, 6.07) is 17.6. The topological polar surface area (TPSA) is 90.3 Å². The summed E-state index contributed by atoms with van der Waals surface area (Å²) in [6.45, 7) is 1.82. The molecule has 1 amide bonds. The van der Waals surface area contributed by atoms with Crippen LogP contribution in [0.2, 0.25) is 0 Å². The Kier molecular flexibility index (Phi) is 6.89. The van der Waals surface area contributed by atoms with E-state index in [1.165, 1.54) is 23.4 Å². The molecule has 0 aliphatic rings. The number of anilines is 1. The molecule has 1 N–H and O–H groups in total. The molecule has 0 radical (unpaired) electrons. The van der Waals surface area contributed by atoms with Crippen LogP contribution >= 0.6 is 0 Å². The molecular weight excluding hydrogens is 350 g/mol. The van der Waals surface area contributed by atoms with Gasteiger partial charge in [-0.3, -0.25) is 4.79 Å². The summed E-state index contributed by atoms with van der Waals surface area (Å²) in [7, 11) is -3.72. The van der Waals surface area contributed by atoms with Gasteiger partial charge in [-0.05, 0) is 36.2 Å². The molecule has 2 aromatic rings. The average Bonchev–Trinajstić information content (AvgIpc) is 2.62. The number of nitriles is 1. The molecule has 0 aliphatic carbocycles. The molecule has 0 spiro atoms. The number of sulfonamides is 1. The summed E-state index contributed by atoms with van der Waals surface area (Å²) >= 11 is 0. The van der Waals surface area contributed by atoms with Crippen molar-refractivity contribution in [2.75, 3.05) is 18.4 Å². The molecule has 0 heterocycles. The number of nitrogens with one attached hydrogen (secondary N) is 1. The zero-order chi connectivity index (χ0) is 19.0. The Morgan fingerprint density at radius 2 is 1.73 bits per heavy atom. The quantitative estimate of drug-likeness (QED) is 0.772. The number of hydrogen-bond donors (Lipinski definition) is 1. The van der Waals surface area contributed by atoms with Gasteiger partial charge in [0.2, 0.25) is 15.9 Å². The first-order chi connectivity index (χ1) is 12.4. The van der Waals surface area contributed by atoms with Gasteiger partial charge in [0.05, 0.1) is 11.0 Å². The predicted octanol–water partition coefficient (Wildman–Crippen LogP) is 2.79. The lowest BCUT2D eigenvalue weighted by molar-refractivity contribution is -0.114. The van der Waals surface area contributed by atoms with Gasteiger partial charge in [-0.15, -0.1) is 0 Å². The third kappa shape index (κ3) is 5.41. The number of carbonyl (C=O) groups is 1. The highest BCUT2D eigenvalue weighted by Crippen LogP contribution is 2.19. The molecule has 0 atom stereocenters. The molecule has 2 aromatic carbocycles. The van der Waals surface area contributed by atoms with Gasteiger partial charge < -0.3 is 5.32 Å². The van der Waals surface area contributed by atoms with E-state index in [-0.39, 0.29) is 23.8 Å². The van der Waals surface area contributed by atoms with Crippen molar-refractivity contribution in [1.29, 1.82) is 5.26 Å². The molecule has 0 saturated heterocycles. The van der Waals surface area contributed by atoms with Crippen LogP contribution in [0.15, 0.2) is 59.5 Å². The first kappa shape index (κ1) is 19.6. The van der Waals surface area contributed by atoms with Crippen molar-refractivity contribution < 1.29 is 13.2 Å². The van der Waals surface area contributed by atoms with E-state index in [4.69, 9.17) is 5.26 Å². The molecule has 136 valence electrons. The maximum atomic E-state index is 12.9. The van der Waals surface area contributed by atoms with Gasteiger partial charge in [-0.1, -0.05) is 30.3 Å². The van der Waals surface area contributed by atoms with Crippen LogP contribution in [0.25, 0.3) is 0 Å². The van der Waals surface area contributed by atoms with Gasteiger partial charge in [0, 0.05) is 32.1 Å². The second-order valence-electron chi connectivity index (χ2n) is 5.75. The highest BCUT2D eigenvalue weighted by atomic mass is 32.2. The molecule has 26 heavy (non-hydrogen) atoms. The highest BCUT2D eigenvalue weighted by molar-refractivity contribution is 7.89. The standard InChI is InChI=1S/C19H21N3O3S/c1-16(23)21-18-8-10-19(11-9-18)26(24,25)22(14-5-13-20)15-12-17-6-3-2-4-7-17/h2-4,6-11H,5,12,14-15H2,1H3,(H,21,23). The lowest BCUT2D eigenvalue weighted by Crippen LogP contribution is -2.33. The van der Waals surface area contributed by atoms with Crippen LogP contribution in [0.5, 0.6) is 0 Å². The molecule has 7 heteroatoms. The second kappa shape index (κ2) is 9.13. The summed E-state index contributed by atoms with van der Waals surface area (Å²) in [5.74, 6) is -0.223. The van der Waals surface area contributed by atoms with Gasteiger partial charge in [0.15, 0.2) is 0 Å². The van der Waals surface area contributed by atoms with Gasteiger partial charge in [-0.2, -0.15) is 9.57 Å². The van der Waals surface area contributed by atoms with Crippen LogP contribution in [-0.4, -0.2) is 31.7 Å². The number of benzene rings is 2. The Bertz CT molecular complexity index is 872. The molecule has 0 saturated carbocycles. The molecule has 0 aromatic heterocycles. The van der Waals surface area contributed by atoms with Crippen molar-refractivity contribution in [1.82, 2.24) is 4.31 Å². The minimum atomic E-state index is -3.72. The minimum absolute atomic E-state index is 0.123. The summed E-state index contributed by atoms with van der Waals surface area (Å²) in [6.07, 6.45) is 0.688. The smallest absolute Gasteiger partial charge is 0.243 e. The van der Waals surface area contributed by atoms with Crippen LogP contribution in [0.1, 0.15) is 18.9 Å². The lowest BCUT2D eigenvalue weighted by Gasteiger charge is -2.21. The van der Waals surface area contributed by atoms with E-state index in [2.05, 4.69) is 5.32 Å². The molecular formula is C19H21N3O3S. The average molecular weight is 371 g/mol. The van der Waals surface area contributed by atoms with E-state index in [0.717, 1.165) is 5.56 Å². The molecule has 0 unspecified atom stereocenters. The van der Waals surface area contributed by atoms with Gasteiger partial charge in [0.1, 0.15) is 0 Å². The Morgan fingerprint density at radius 1 is 1.08 bits per heavy atom. The van der Waals surface area contributed by atoms with Gasteiger partial charge in [-0.25, -0.2) is 8.42 Å². The van der Waals surface area contributed by atoms with Gasteiger partial charge >= 0.3 is 0 Å². The number of carbonyl (C=O) groups excluding carboxylic acids is 1. The molecule has 6 nitrogen and oxygen atoms in total. The Labute approximate surface area is 154 Å². The van der Waals surface area contributed by atoms with Crippen LogP contribution in [-0.2, 0) is 21.2 Å². The summed E-state index contributed by atoms with van der Waals surface area (Å²) < 4.78 is 27.2. The maximum absolute atomic E-state index is 12.9. The zero-order valence-electron chi connectivity index (χ0n) is 14.6. The number of nitrogens with zero attached hydrogens (tertiary/aromatic N) is 2. The SMILES string of the molecule is CC(=O)Nc1ccc(S(=O)(=O)N(CCC#N)CCc2ccccc2)cc1. The van der Waals surface area contributed by atoms with Gasteiger partial charge in [0.25, 0.3) is 0 Å². The molecule has 0 aliphatic heterocycles. The van der Waals surface area contributed by atoms with Crippen molar-refractivity contribution in [3.05, 3.63) is 60.2 Å². The van der Waals surface area contributed by atoms with E-state index in [1.54, 1.807) is 12.1 Å². The summed E-state index contributed by atoms with van der Waals surface area (Å²) in [5, 5.41) is 11.4.